The van der Waals surface area contributed by atoms with Gasteiger partial charge in [0.05, 0.1) is 30.7 Å². The number of amides is 1. The van der Waals surface area contributed by atoms with Gasteiger partial charge in [-0.15, -0.1) is 11.8 Å². The van der Waals surface area contributed by atoms with Crippen molar-refractivity contribution in [2.75, 3.05) is 26.0 Å². The van der Waals surface area contributed by atoms with Gasteiger partial charge in [-0.2, -0.15) is 0 Å². The molecule has 8 nitrogen and oxygen atoms in total. The number of fused-ring (bicyclic) bond motifs is 1. The smallest absolute Gasteiger partial charge is 0.534 e. The Morgan fingerprint density at radius 1 is 1.44 bits per heavy atom. The molecule has 146 valence electrons. The van der Waals surface area contributed by atoms with E-state index in [2.05, 4.69) is 0 Å². The number of likely N-dealkylation sites (tertiary alicyclic amines) is 1. The van der Waals surface area contributed by atoms with Crippen molar-refractivity contribution in [1.29, 1.82) is 0 Å². The van der Waals surface area contributed by atoms with Gasteiger partial charge < -0.3 is 29.5 Å². The summed E-state index contributed by atoms with van der Waals surface area (Å²) in [6.07, 6.45) is 2.06. The third-order valence-electron chi connectivity index (χ3n) is 4.94. The Hall–Kier alpha value is -1.91. The monoisotopic (exact) mass is 395 g/mol. The number of thioether (sulfide) groups is 1. The van der Waals surface area contributed by atoms with Gasteiger partial charge in [0.25, 0.3) is 0 Å². The zero-order chi connectivity index (χ0) is 19.6. The van der Waals surface area contributed by atoms with Gasteiger partial charge in [0.1, 0.15) is 17.1 Å². The number of carboxylic acids is 1. The molecule has 1 fully saturated rings. The molecule has 1 aromatic carbocycles. The second-order valence-electron chi connectivity index (χ2n) is 6.56. The number of hydrogen-bond donors (Lipinski definition) is 3. The van der Waals surface area contributed by atoms with E-state index in [-0.39, 0.29) is 41.4 Å². The fourth-order valence-corrected chi connectivity index (χ4v) is 4.59. The number of carbonyl (C=O) groups is 2. The largest absolute Gasteiger partial charge is 0.536 e. The van der Waals surface area contributed by atoms with Crippen LogP contribution in [0.1, 0.15) is 28.8 Å². The zero-order valence-electron chi connectivity index (χ0n) is 15.0. The van der Waals surface area contributed by atoms with E-state index in [1.54, 1.807) is 17.0 Å². The van der Waals surface area contributed by atoms with Crippen LogP contribution in [-0.4, -0.2) is 76.3 Å². The number of ether oxygens (including phenoxy) is 1. The van der Waals surface area contributed by atoms with Crippen molar-refractivity contribution < 1.29 is 34.2 Å². The van der Waals surface area contributed by atoms with E-state index in [0.29, 0.717) is 18.5 Å². The highest BCUT2D eigenvalue weighted by Gasteiger charge is 2.39. The van der Waals surface area contributed by atoms with E-state index in [1.807, 2.05) is 0 Å². The molecule has 0 radical (unpaired) electrons. The van der Waals surface area contributed by atoms with Gasteiger partial charge in [-0.3, -0.25) is 4.79 Å². The van der Waals surface area contributed by atoms with E-state index in [1.165, 1.54) is 18.9 Å². The molecule has 27 heavy (non-hydrogen) atoms. The molecule has 3 N–H and O–H groups in total. The molecule has 10 heteroatoms. The standard InChI is InChI=1S/C17H22BNO7S/c1-25-12-5-4-10-7-13(18(24)26-16(10)15(12)17(22)23)27-9-14(21)19-6-2-3-11(19)8-20/h4-5,11,13,20,24H,2-3,6-9H2,1H3,(H,22,23)/t11?,13-/m0/s1. The van der Waals surface area contributed by atoms with E-state index in [4.69, 9.17) is 9.39 Å². The van der Waals surface area contributed by atoms with Gasteiger partial charge in [-0.25, -0.2) is 4.79 Å². The molecule has 2 aliphatic rings. The number of aromatic carboxylic acids is 1. The average Bonchev–Trinajstić information content (AvgIpc) is 3.13. The molecular weight excluding hydrogens is 373 g/mol. The van der Waals surface area contributed by atoms with Crippen LogP contribution in [0.5, 0.6) is 11.5 Å². The summed E-state index contributed by atoms with van der Waals surface area (Å²) < 4.78 is 10.6. The molecule has 0 bridgehead atoms. The van der Waals surface area contributed by atoms with Gasteiger partial charge in [0.15, 0.2) is 0 Å². The molecule has 1 unspecified atom stereocenters. The number of carboxylic acid groups (broad SMARTS) is 1. The molecule has 2 aliphatic heterocycles. The zero-order valence-corrected chi connectivity index (χ0v) is 15.8. The van der Waals surface area contributed by atoms with Crippen LogP contribution >= 0.6 is 11.8 Å². The van der Waals surface area contributed by atoms with Gasteiger partial charge >= 0.3 is 13.1 Å². The molecule has 0 aliphatic carbocycles. The number of methoxy groups -OCH3 is 1. The quantitative estimate of drug-likeness (QED) is 0.594. The summed E-state index contributed by atoms with van der Waals surface area (Å²) >= 11 is 1.27. The highest BCUT2D eigenvalue weighted by molar-refractivity contribution is 8.01. The number of nitrogens with zero attached hydrogens (tertiary/aromatic N) is 1. The molecule has 1 amide bonds. The molecule has 3 rings (SSSR count). The summed E-state index contributed by atoms with van der Waals surface area (Å²) in [5, 5.41) is 28.7. The maximum Gasteiger partial charge on any atom is 0.536 e. The van der Waals surface area contributed by atoms with Crippen molar-refractivity contribution >= 4 is 30.8 Å². The highest BCUT2D eigenvalue weighted by Crippen LogP contribution is 2.38. The second-order valence-corrected chi connectivity index (χ2v) is 7.79. The Kier molecular flexibility index (Phi) is 6.18. The maximum absolute atomic E-state index is 12.4. The topological polar surface area (TPSA) is 117 Å². The molecular formula is C17H22BNO7S. The summed E-state index contributed by atoms with van der Waals surface area (Å²) in [4.78, 5) is 25.6. The van der Waals surface area contributed by atoms with Crippen LogP contribution in [0, 0.1) is 0 Å². The maximum atomic E-state index is 12.4. The minimum atomic E-state index is -1.23. The summed E-state index contributed by atoms with van der Waals surface area (Å²) in [6.45, 7) is 0.595. The third kappa shape index (κ3) is 4.02. The Balaban J connectivity index is 1.69. The first-order chi connectivity index (χ1) is 13.0. The van der Waals surface area contributed by atoms with Crippen molar-refractivity contribution in [2.45, 2.75) is 30.5 Å². The second kappa shape index (κ2) is 8.41. The number of benzene rings is 1. The van der Waals surface area contributed by atoms with Gasteiger partial charge in [0.2, 0.25) is 5.91 Å². The lowest BCUT2D eigenvalue weighted by Gasteiger charge is -2.29. The van der Waals surface area contributed by atoms with Crippen LogP contribution in [0.25, 0.3) is 0 Å². The first-order valence-corrected chi connectivity index (χ1v) is 9.81. The third-order valence-corrected chi connectivity index (χ3v) is 6.18. The summed E-state index contributed by atoms with van der Waals surface area (Å²) in [7, 11) is 0.142. The van der Waals surface area contributed by atoms with Crippen LogP contribution in [-0.2, 0) is 11.2 Å². The fourth-order valence-electron chi connectivity index (χ4n) is 3.55. The number of hydrogen-bond acceptors (Lipinski definition) is 7. The van der Waals surface area contributed by atoms with Crippen LogP contribution in [0.15, 0.2) is 12.1 Å². The minimum Gasteiger partial charge on any atom is -0.534 e. The molecule has 1 aromatic rings. The first kappa shape index (κ1) is 19.8. The van der Waals surface area contributed by atoms with Gasteiger partial charge in [-0.05, 0) is 30.9 Å². The SMILES string of the molecule is COc1ccc2c(c1C(=O)O)OB(O)[C@@H](SCC(=O)N1CCCC1CO)C2. The van der Waals surface area contributed by atoms with Crippen molar-refractivity contribution in [3.63, 3.8) is 0 Å². The fraction of sp³-hybridized carbons (Fsp3) is 0.529. The van der Waals surface area contributed by atoms with E-state index in [9.17, 15) is 24.8 Å². The summed E-state index contributed by atoms with van der Waals surface area (Å²) in [5.74, 6) is -0.827. The Bertz CT molecular complexity index is 731. The highest BCUT2D eigenvalue weighted by atomic mass is 32.2. The lowest BCUT2D eigenvalue weighted by molar-refractivity contribution is -0.129. The molecule has 1 saturated heterocycles. The van der Waals surface area contributed by atoms with E-state index < -0.39 is 18.2 Å². The molecule has 2 atom stereocenters. The van der Waals surface area contributed by atoms with E-state index in [0.717, 1.165) is 12.8 Å². The number of aliphatic hydroxyl groups excluding tert-OH is 1. The van der Waals surface area contributed by atoms with Crippen LogP contribution in [0.2, 0.25) is 0 Å². The molecule has 0 aromatic heterocycles. The summed E-state index contributed by atoms with van der Waals surface area (Å²) in [6, 6.07) is 3.15. The minimum absolute atomic E-state index is 0.0429. The van der Waals surface area contributed by atoms with Gasteiger partial charge in [-0.1, -0.05) is 6.07 Å². The number of carbonyl (C=O) groups excluding carboxylic acids is 1. The normalized spacial score (nSPS) is 21.6. The first-order valence-electron chi connectivity index (χ1n) is 8.76. The predicted molar refractivity (Wildman–Crippen MR) is 100 cm³/mol. The number of rotatable bonds is 6. The van der Waals surface area contributed by atoms with E-state index >= 15 is 0 Å². The van der Waals surface area contributed by atoms with Crippen molar-refractivity contribution in [3.05, 3.63) is 23.3 Å². The van der Waals surface area contributed by atoms with Crippen molar-refractivity contribution in [1.82, 2.24) is 4.90 Å². The predicted octanol–water partition coefficient (Wildman–Crippen LogP) is 0.433. The molecule has 2 heterocycles. The average molecular weight is 395 g/mol. The van der Waals surface area contributed by atoms with Crippen LogP contribution < -0.4 is 9.39 Å². The van der Waals surface area contributed by atoms with Crippen molar-refractivity contribution in [3.8, 4) is 11.5 Å². The molecule has 0 saturated carbocycles. The van der Waals surface area contributed by atoms with Gasteiger partial charge in [0, 0.05) is 6.54 Å². The summed E-state index contributed by atoms with van der Waals surface area (Å²) in [5.41, 5.74) is 0.536. The number of aliphatic hydroxyl groups is 1. The van der Waals surface area contributed by atoms with Crippen molar-refractivity contribution in [2.24, 2.45) is 0 Å². The van der Waals surface area contributed by atoms with Crippen LogP contribution in [0.4, 0.5) is 0 Å². The Morgan fingerprint density at radius 3 is 2.89 bits per heavy atom. The molecule has 0 spiro atoms. The lowest BCUT2D eigenvalue weighted by Crippen LogP contribution is -2.43. The Morgan fingerprint density at radius 2 is 2.22 bits per heavy atom. The van der Waals surface area contributed by atoms with Crippen LogP contribution in [0.3, 0.4) is 0 Å². The Labute approximate surface area is 161 Å². The lowest BCUT2D eigenvalue weighted by atomic mass is 9.77.